The van der Waals surface area contributed by atoms with E-state index in [2.05, 4.69) is 37.8 Å². The smallest absolute Gasteiger partial charge is 0.309 e. The maximum absolute atomic E-state index is 12.3. The number of fused-ring (bicyclic) bond motifs is 1. The Hall–Kier alpha value is -2.98. The first-order valence-electron chi connectivity index (χ1n) is 15.2. The predicted octanol–water partition coefficient (Wildman–Crippen LogP) is 5.80. The molecule has 0 spiro atoms. The Kier molecular flexibility index (Phi) is 9.33. The van der Waals surface area contributed by atoms with Crippen molar-refractivity contribution in [3.05, 3.63) is 58.3 Å². The lowest BCUT2D eigenvalue weighted by atomic mass is 10.1. The van der Waals surface area contributed by atoms with Gasteiger partial charge in [0.05, 0.1) is 30.6 Å². The zero-order valence-electron chi connectivity index (χ0n) is 24.7. The largest absolute Gasteiger partial charge is 0.466 e. The van der Waals surface area contributed by atoms with E-state index in [0.29, 0.717) is 46.1 Å². The van der Waals surface area contributed by atoms with Crippen molar-refractivity contribution in [2.24, 2.45) is 17.8 Å². The Bertz CT molecular complexity index is 1410. The number of carbonyl (C=O) groups excluding carboxylic acids is 1. The monoisotopic (exact) mass is 624 g/mol. The number of hydrogen-bond acceptors (Lipinski definition) is 9. The predicted molar refractivity (Wildman–Crippen MR) is 168 cm³/mol. The van der Waals surface area contributed by atoms with Crippen molar-refractivity contribution in [3.8, 4) is 22.9 Å². The van der Waals surface area contributed by atoms with Gasteiger partial charge in [0, 0.05) is 47.9 Å². The normalized spacial score (nSPS) is 22.8. The zero-order chi connectivity index (χ0) is 29.9. The molecule has 2 saturated heterocycles. The molecule has 228 valence electrons. The van der Waals surface area contributed by atoms with E-state index in [0.717, 1.165) is 81.9 Å². The highest BCUT2D eigenvalue weighted by atomic mass is 35.5. The molecule has 3 aromatic rings. The first kappa shape index (κ1) is 30.1. The number of halogens is 2. The molecule has 6 rings (SSSR count). The van der Waals surface area contributed by atoms with Gasteiger partial charge in [-0.3, -0.25) is 9.69 Å². The molecule has 0 unspecified atom stereocenters. The standard InChI is InChI=1S/C32H38Cl2N6O3/c1-3-42-31(41)30-26-5-9-39(10-6-27(26)30)20-21-13-28(22-15-23(33)17-24(34)16-22)37-29(14-21)43-25-18-35-32(36-19-25)40-8-4-7-38(2)11-12-40/h13-19,26-27,30H,3-12,20H2,1-2H3/t26-,27+,30+. The number of carbonyl (C=O) groups is 1. The highest BCUT2D eigenvalue weighted by molar-refractivity contribution is 6.35. The summed E-state index contributed by atoms with van der Waals surface area (Å²) in [5.41, 5.74) is 2.61. The molecule has 3 aliphatic rings. The summed E-state index contributed by atoms with van der Waals surface area (Å²) in [7, 11) is 2.14. The van der Waals surface area contributed by atoms with Gasteiger partial charge in [0.25, 0.3) is 0 Å². The zero-order valence-corrected chi connectivity index (χ0v) is 26.2. The molecule has 11 heteroatoms. The number of anilines is 1. The van der Waals surface area contributed by atoms with E-state index in [9.17, 15) is 4.79 Å². The third-order valence-electron chi connectivity index (χ3n) is 8.71. The fraction of sp³-hybridized carbons (Fsp3) is 0.500. The van der Waals surface area contributed by atoms with E-state index in [1.807, 2.05) is 25.1 Å². The Labute approximate surface area is 263 Å². The van der Waals surface area contributed by atoms with E-state index < -0.39 is 0 Å². The minimum Gasteiger partial charge on any atom is -0.466 e. The number of nitrogens with zero attached hydrogens (tertiary/aromatic N) is 6. The number of likely N-dealkylation sites (tertiary alicyclic amines) is 1. The van der Waals surface area contributed by atoms with Crippen LogP contribution in [0, 0.1) is 17.8 Å². The molecule has 2 aromatic heterocycles. The quantitative estimate of drug-likeness (QED) is 0.289. The molecule has 4 heterocycles. The van der Waals surface area contributed by atoms with Crippen molar-refractivity contribution in [3.63, 3.8) is 0 Å². The van der Waals surface area contributed by atoms with Gasteiger partial charge in [-0.1, -0.05) is 23.2 Å². The molecular formula is C32H38Cl2N6O3. The summed E-state index contributed by atoms with van der Waals surface area (Å²) in [6, 6.07) is 9.46. The Balaban J connectivity index is 1.19. The number of hydrogen-bond donors (Lipinski definition) is 0. The lowest BCUT2D eigenvalue weighted by molar-refractivity contribution is -0.145. The molecule has 0 bridgehead atoms. The summed E-state index contributed by atoms with van der Waals surface area (Å²) < 4.78 is 11.5. The Morgan fingerprint density at radius 3 is 2.35 bits per heavy atom. The van der Waals surface area contributed by atoms with Crippen LogP contribution in [0.1, 0.15) is 31.7 Å². The summed E-state index contributed by atoms with van der Waals surface area (Å²) >= 11 is 12.7. The van der Waals surface area contributed by atoms with Crippen LogP contribution in [0.2, 0.25) is 10.0 Å². The van der Waals surface area contributed by atoms with Gasteiger partial charge < -0.3 is 19.3 Å². The number of pyridine rings is 1. The number of benzene rings is 1. The average Bonchev–Trinajstić information content (AvgIpc) is 3.75. The van der Waals surface area contributed by atoms with Crippen LogP contribution in [-0.4, -0.2) is 83.6 Å². The fourth-order valence-electron chi connectivity index (χ4n) is 6.46. The van der Waals surface area contributed by atoms with E-state index in [1.165, 1.54) is 0 Å². The van der Waals surface area contributed by atoms with Crippen molar-refractivity contribution in [2.45, 2.75) is 32.7 Å². The van der Waals surface area contributed by atoms with Crippen molar-refractivity contribution in [2.75, 3.05) is 57.8 Å². The van der Waals surface area contributed by atoms with Crippen molar-refractivity contribution >= 4 is 35.1 Å². The summed E-state index contributed by atoms with van der Waals surface area (Å²) in [5.74, 6) is 2.61. The van der Waals surface area contributed by atoms with Gasteiger partial charge in [0.1, 0.15) is 0 Å². The van der Waals surface area contributed by atoms with Crippen LogP contribution in [-0.2, 0) is 16.1 Å². The number of ether oxygens (including phenoxy) is 2. The van der Waals surface area contributed by atoms with Crippen LogP contribution in [0.15, 0.2) is 42.7 Å². The molecule has 1 aliphatic carbocycles. The Morgan fingerprint density at radius 2 is 1.65 bits per heavy atom. The van der Waals surface area contributed by atoms with Gasteiger partial charge in [-0.2, -0.15) is 0 Å². The van der Waals surface area contributed by atoms with Crippen LogP contribution in [0.5, 0.6) is 11.6 Å². The molecule has 1 saturated carbocycles. The minimum atomic E-state index is -0.0252. The summed E-state index contributed by atoms with van der Waals surface area (Å²) in [5, 5.41) is 1.09. The number of rotatable bonds is 8. The maximum Gasteiger partial charge on any atom is 0.309 e. The maximum atomic E-state index is 12.3. The number of aromatic nitrogens is 3. The molecule has 43 heavy (non-hydrogen) atoms. The van der Waals surface area contributed by atoms with Gasteiger partial charge >= 0.3 is 5.97 Å². The van der Waals surface area contributed by atoms with Gasteiger partial charge in [-0.15, -0.1) is 0 Å². The topological polar surface area (TPSA) is 83.9 Å². The van der Waals surface area contributed by atoms with Crippen LogP contribution >= 0.6 is 23.2 Å². The highest BCUT2D eigenvalue weighted by Crippen LogP contribution is 2.53. The summed E-state index contributed by atoms with van der Waals surface area (Å²) in [4.78, 5) is 33.3. The van der Waals surface area contributed by atoms with E-state index in [-0.39, 0.29) is 11.9 Å². The Morgan fingerprint density at radius 1 is 0.930 bits per heavy atom. The van der Waals surface area contributed by atoms with Crippen molar-refractivity contribution in [1.29, 1.82) is 0 Å². The van der Waals surface area contributed by atoms with Gasteiger partial charge in [0.2, 0.25) is 11.8 Å². The molecule has 1 aromatic carbocycles. The third-order valence-corrected chi connectivity index (χ3v) is 9.15. The average molecular weight is 626 g/mol. The molecule has 0 N–H and O–H groups in total. The highest BCUT2D eigenvalue weighted by Gasteiger charge is 2.55. The molecule has 0 amide bonds. The minimum absolute atomic E-state index is 0.0252. The van der Waals surface area contributed by atoms with Crippen molar-refractivity contribution in [1.82, 2.24) is 24.8 Å². The van der Waals surface area contributed by atoms with Crippen molar-refractivity contribution < 1.29 is 14.3 Å². The third kappa shape index (κ3) is 7.40. The van der Waals surface area contributed by atoms with E-state index in [4.69, 9.17) is 37.7 Å². The lowest BCUT2D eigenvalue weighted by Gasteiger charge is -2.22. The van der Waals surface area contributed by atoms with E-state index in [1.54, 1.807) is 18.5 Å². The molecule has 0 radical (unpaired) electrons. The van der Waals surface area contributed by atoms with Crippen LogP contribution in [0.3, 0.4) is 0 Å². The number of likely N-dealkylation sites (N-methyl/N-ethyl adjacent to an activating group) is 1. The van der Waals surface area contributed by atoms with Crippen LogP contribution in [0.25, 0.3) is 11.3 Å². The molecular weight excluding hydrogens is 587 g/mol. The first-order valence-corrected chi connectivity index (χ1v) is 15.9. The second-order valence-electron chi connectivity index (χ2n) is 11.8. The lowest BCUT2D eigenvalue weighted by Crippen LogP contribution is -2.30. The molecule has 3 fully saturated rings. The van der Waals surface area contributed by atoms with Gasteiger partial charge in [-0.05, 0) is 94.5 Å². The van der Waals surface area contributed by atoms with E-state index >= 15 is 0 Å². The van der Waals surface area contributed by atoms with Gasteiger partial charge in [-0.25, -0.2) is 15.0 Å². The molecule has 3 atom stereocenters. The molecule has 9 nitrogen and oxygen atoms in total. The second kappa shape index (κ2) is 13.3. The molecule has 2 aliphatic heterocycles. The number of esters is 1. The summed E-state index contributed by atoms with van der Waals surface area (Å²) in [6.45, 7) is 8.79. The van der Waals surface area contributed by atoms with Gasteiger partial charge in [0.15, 0.2) is 5.75 Å². The second-order valence-corrected chi connectivity index (χ2v) is 12.7. The first-order chi connectivity index (χ1) is 20.9. The van der Waals surface area contributed by atoms with Crippen LogP contribution < -0.4 is 9.64 Å². The summed E-state index contributed by atoms with van der Waals surface area (Å²) in [6.07, 6.45) is 6.49. The SMILES string of the molecule is CCOC(=O)[C@H]1[C@@H]2CCN(Cc3cc(Oc4cnc(N5CCCN(C)CC5)nc4)nc(-c4cc(Cl)cc(Cl)c4)c3)CC[C@@H]21. The fourth-order valence-corrected chi connectivity index (χ4v) is 6.98. The van der Waals surface area contributed by atoms with Crippen LogP contribution in [0.4, 0.5) is 5.95 Å².